The van der Waals surface area contributed by atoms with Gasteiger partial charge in [-0.3, -0.25) is 4.90 Å². The molecule has 0 aromatic heterocycles. The van der Waals surface area contributed by atoms with Crippen LogP contribution < -0.4 is 0 Å². The van der Waals surface area contributed by atoms with Gasteiger partial charge in [-0.25, -0.2) is 21.1 Å². The second kappa shape index (κ2) is 7.79. The molecule has 0 bridgehead atoms. The Kier molecular flexibility index (Phi) is 5.98. The summed E-state index contributed by atoms with van der Waals surface area (Å²) in [5, 5.41) is 0. The van der Waals surface area contributed by atoms with E-state index >= 15 is 0 Å². The van der Waals surface area contributed by atoms with E-state index in [9.17, 15) is 16.8 Å². The van der Waals surface area contributed by atoms with Crippen LogP contribution >= 0.6 is 0 Å². The summed E-state index contributed by atoms with van der Waals surface area (Å²) in [5.74, 6) is 0. The number of hydrogen-bond acceptors (Lipinski definition) is 5. The van der Waals surface area contributed by atoms with Gasteiger partial charge in [-0.1, -0.05) is 24.3 Å². The molecule has 0 spiro atoms. The fourth-order valence-corrected chi connectivity index (χ4v) is 5.78. The highest BCUT2D eigenvalue weighted by Gasteiger charge is 2.38. The molecule has 2 aliphatic rings. The molecule has 0 radical (unpaired) electrons. The van der Waals surface area contributed by atoms with Crippen molar-refractivity contribution in [1.82, 2.24) is 13.5 Å². The van der Waals surface area contributed by atoms with Crippen LogP contribution in [0.4, 0.5) is 0 Å². The zero-order valence-corrected chi connectivity index (χ0v) is 17.8. The van der Waals surface area contributed by atoms with Crippen molar-refractivity contribution in [2.45, 2.75) is 31.3 Å². The molecular formula is C18H29N3O4S2. The Labute approximate surface area is 163 Å². The lowest BCUT2D eigenvalue weighted by Crippen LogP contribution is -2.51. The molecule has 7 nitrogen and oxygen atoms in total. The molecule has 3 rings (SSSR count). The van der Waals surface area contributed by atoms with E-state index in [-0.39, 0.29) is 25.2 Å². The average Bonchev–Trinajstić information content (AvgIpc) is 2.59. The van der Waals surface area contributed by atoms with Crippen molar-refractivity contribution in [1.29, 1.82) is 0 Å². The number of fused-ring (bicyclic) bond motifs is 3. The minimum atomic E-state index is -3.43. The molecule has 9 heteroatoms. The number of benzene rings is 1. The van der Waals surface area contributed by atoms with Gasteiger partial charge in [0.2, 0.25) is 20.0 Å². The van der Waals surface area contributed by atoms with E-state index in [1.54, 1.807) is 0 Å². The standard InChI is InChI=1S/C18H29N3O4S2/c1-19(26(2,22)23)12-13-21(27(3,24)25)16-9-11-20-10-8-15-6-4-5-7-17(15)18(20)14-16/h4-7,16,18H,8-14H2,1-3H3/t16-,18+/m1/s1. The van der Waals surface area contributed by atoms with Gasteiger partial charge in [-0.15, -0.1) is 0 Å². The summed E-state index contributed by atoms with van der Waals surface area (Å²) in [4.78, 5) is 2.45. The van der Waals surface area contributed by atoms with Gasteiger partial charge in [0.05, 0.1) is 12.5 Å². The quantitative estimate of drug-likeness (QED) is 0.690. The lowest BCUT2D eigenvalue weighted by Gasteiger charge is -2.45. The van der Waals surface area contributed by atoms with Gasteiger partial charge in [-0.2, -0.15) is 4.31 Å². The zero-order valence-electron chi connectivity index (χ0n) is 16.2. The lowest BCUT2D eigenvalue weighted by atomic mass is 9.85. The molecule has 0 aliphatic carbocycles. The summed E-state index contributed by atoms with van der Waals surface area (Å²) >= 11 is 0. The number of sulfonamides is 2. The van der Waals surface area contributed by atoms with Gasteiger partial charge in [-0.05, 0) is 30.4 Å². The third kappa shape index (κ3) is 4.71. The summed E-state index contributed by atoms with van der Waals surface area (Å²) in [7, 11) is -5.28. The molecule has 1 fully saturated rings. The number of nitrogens with zero attached hydrogens (tertiary/aromatic N) is 3. The maximum absolute atomic E-state index is 12.4. The van der Waals surface area contributed by atoms with Crippen molar-refractivity contribution < 1.29 is 16.8 Å². The highest BCUT2D eigenvalue weighted by atomic mass is 32.2. The molecule has 2 atom stereocenters. The first-order chi connectivity index (χ1) is 12.6. The maximum Gasteiger partial charge on any atom is 0.211 e. The smallest absolute Gasteiger partial charge is 0.211 e. The predicted molar refractivity (Wildman–Crippen MR) is 107 cm³/mol. The van der Waals surface area contributed by atoms with Crippen molar-refractivity contribution in [3.8, 4) is 0 Å². The molecule has 0 unspecified atom stereocenters. The topological polar surface area (TPSA) is 78.0 Å². The Morgan fingerprint density at radius 1 is 1.04 bits per heavy atom. The number of rotatable bonds is 6. The van der Waals surface area contributed by atoms with Crippen LogP contribution in [0.2, 0.25) is 0 Å². The lowest BCUT2D eigenvalue weighted by molar-refractivity contribution is 0.0899. The van der Waals surface area contributed by atoms with Crippen molar-refractivity contribution in [2.75, 3.05) is 45.7 Å². The first-order valence-electron chi connectivity index (χ1n) is 9.27. The Bertz CT molecular complexity index is 886. The highest BCUT2D eigenvalue weighted by molar-refractivity contribution is 7.88. The second-order valence-electron chi connectivity index (χ2n) is 7.64. The van der Waals surface area contributed by atoms with Crippen LogP contribution in [0.15, 0.2) is 24.3 Å². The predicted octanol–water partition coefficient (Wildman–Crippen LogP) is 0.901. The minimum absolute atomic E-state index is 0.111. The molecule has 0 saturated carbocycles. The van der Waals surface area contributed by atoms with E-state index in [1.165, 1.54) is 33.0 Å². The molecule has 2 heterocycles. The van der Waals surface area contributed by atoms with Crippen LogP contribution in [-0.4, -0.2) is 82.1 Å². The van der Waals surface area contributed by atoms with E-state index in [0.717, 1.165) is 38.6 Å². The number of piperidine rings is 1. The van der Waals surface area contributed by atoms with Crippen LogP contribution in [0, 0.1) is 0 Å². The van der Waals surface area contributed by atoms with E-state index in [0.29, 0.717) is 0 Å². The molecule has 1 aromatic carbocycles. The molecular weight excluding hydrogens is 386 g/mol. The molecule has 152 valence electrons. The minimum Gasteiger partial charge on any atom is -0.296 e. The molecule has 0 amide bonds. The van der Waals surface area contributed by atoms with Gasteiger partial charge < -0.3 is 0 Å². The maximum atomic E-state index is 12.4. The highest BCUT2D eigenvalue weighted by Crippen LogP contribution is 2.38. The Hall–Kier alpha value is -1.00. The fourth-order valence-electron chi connectivity index (χ4n) is 4.22. The van der Waals surface area contributed by atoms with Gasteiger partial charge >= 0.3 is 0 Å². The van der Waals surface area contributed by atoms with Crippen molar-refractivity contribution in [2.24, 2.45) is 0 Å². The first kappa shape index (κ1) is 20.7. The number of hydrogen-bond donors (Lipinski definition) is 0. The van der Waals surface area contributed by atoms with Crippen LogP contribution in [0.5, 0.6) is 0 Å². The van der Waals surface area contributed by atoms with Crippen LogP contribution in [-0.2, 0) is 26.5 Å². The third-order valence-corrected chi connectivity index (χ3v) is 8.45. The fraction of sp³-hybridized carbons (Fsp3) is 0.667. The van der Waals surface area contributed by atoms with E-state index < -0.39 is 20.0 Å². The molecule has 1 saturated heterocycles. The van der Waals surface area contributed by atoms with Crippen molar-refractivity contribution in [3.05, 3.63) is 35.4 Å². The SMILES string of the molecule is CN(CCN([C@@H]1CCN2CCc3ccccc3[C@@H]2C1)S(C)(=O)=O)S(C)(=O)=O. The Morgan fingerprint density at radius 2 is 1.74 bits per heavy atom. The summed E-state index contributed by atoms with van der Waals surface area (Å²) in [5.41, 5.74) is 2.65. The zero-order chi connectivity index (χ0) is 19.8. The Balaban J connectivity index is 1.79. The molecule has 1 aromatic rings. The van der Waals surface area contributed by atoms with E-state index in [2.05, 4.69) is 23.1 Å². The van der Waals surface area contributed by atoms with Gasteiger partial charge in [0.15, 0.2) is 0 Å². The van der Waals surface area contributed by atoms with Crippen LogP contribution in [0.3, 0.4) is 0 Å². The van der Waals surface area contributed by atoms with Crippen molar-refractivity contribution >= 4 is 20.0 Å². The summed E-state index contributed by atoms with van der Waals surface area (Å²) in [6.07, 6.45) is 4.90. The largest absolute Gasteiger partial charge is 0.296 e. The third-order valence-electron chi connectivity index (χ3n) is 5.80. The molecule has 27 heavy (non-hydrogen) atoms. The Morgan fingerprint density at radius 3 is 2.41 bits per heavy atom. The van der Waals surface area contributed by atoms with Gasteiger partial charge in [0.25, 0.3) is 0 Å². The first-order valence-corrected chi connectivity index (χ1v) is 13.0. The van der Waals surface area contributed by atoms with E-state index in [1.807, 2.05) is 6.07 Å². The van der Waals surface area contributed by atoms with Gasteiger partial charge in [0, 0.05) is 45.3 Å². The van der Waals surface area contributed by atoms with Gasteiger partial charge in [0.1, 0.15) is 0 Å². The van der Waals surface area contributed by atoms with E-state index in [4.69, 9.17) is 0 Å². The second-order valence-corrected chi connectivity index (χ2v) is 11.7. The summed E-state index contributed by atoms with van der Waals surface area (Å²) < 4.78 is 50.9. The average molecular weight is 416 g/mol. The molecule has 0 N–H and O–H groups in total. The summed E-state index contributed by atoms with van der Waals surface area (Å²) in [6, 6.07) is 8.52. The number of likely N-dealkylation sites (N-methyl/N-ethyl adjacent to an activating group) is 1. The summed E-state index contributed by atoms with van der Waals surface area (Å²) in [6.45, 7) is 2.20. The van der Waals surface area contributed by atoms with Crippen LogP contribution in [0.1, 0.15) is 30.0 Å². The monoisotopic (exact) mass is 415 g/mol. The van der Waals surface area contributed by atoms with Crippen molar-refractivity contribution in [3.63, 3.8) is 0 Å². The normalized spacial score (nSPS) is 24.0. The van der Waals surface area contributed by atoms with Crippen LogP contribution in [0.25, 0.3) is 0 Å². The molecule has 2 aliphatic heterocycles.